The van der Waals surface area contributed by atoms with Gasteiger partial charge >= 0.3 is 0 Å². The molecule has 3 aromatic rings. The second kappa shape index (κ2) is 8.73. The fraction of sp³-hybridized carbons (Fsp3) is 0.154. The number of nitrogens with one attached hydrogen (secondary N) is 1. The van der Waals surface area contributed by atoms with Crippen molar-refractivity contribution in [3.05, 3.63) is 99.5 Å². The van der Waals surface area contributed by atoms with Crippen LogP contribution in [0.5, 0.6) is 0 Å². The van der Waals surface area contributed by atoms with Gasteiger partial charge in [-0.3, -0.25) is 14.5 Å². The van der Waals surface area contributed by atoms with Crippen LogP contribution in [0.1, 0.15) is 22.7 Å². The van der Waals surface area contributed by atoms with Crippen LogP contribution in [0.2, 0.25) is 0 Å². The van der Waals surface area contributed by atoms with Crippen molar-refractivity contribution in [3.63, 3.8) is 0 Å². The maximum Gasteiger partial charge on any atom is 0.299 e. The molecule has 0 bridgehead atoms. The summed E-state index contributed by atoms with van der Waals surface area (Å²) in [4.78, 5) is 28.9. The molecule has 1 atom stereocenters. The topological polar surface area (TPSA) is 64.9 Å². The van der Waals surface area contributed by atoms with E-state index in [1.165, 1.54) is 4.90 Å². The first-order valence-corrected chi connectivity index (χ1v) is 11.1. The van der Waals surface area contributed by atoms with E-state index >= 15 is 0 Å². The van der Waals surface area contributed by atoms with E-state index in [4.69, 9.17) is 0 Å². The summed E-state index contributed by atoms with van der Waals surface area (Å²) in [5, 5.41) is 13.4. The maximum absolute atomic E-state index is 13.4. The number of quaternary nitrogens is 1. The molecule has 5 nitrogen and oxygen atoms in total. The van der Waals surface area contributed by atoms with Crippen LogP contribution in [-0.2, 0) is 9.59 Å². The molecule has 1 aliphatic rings. The number of halogens is 1. The van der Waals surface area contributed by atoms with Crippen molar-refractivity contribution in [2.75, 3.05) is 19.0 Å². The Bertz CT molecular complexity index is 1200. The third-order valence-corrected chi connectivity index (χ3v) is 6.18. The molecule has 0 aromatic heterocycles. The number of carbonyl (C=O) groups is 2. The van der Waals surface area contributed by atoms with Gasteiger partial charge < -0.3 is 10.0 Å². The van der Waals surface area contributed by atoms with Crippen LogP contribution >= 0.6 is 15.9 Å². The summed E-state index contributed by atoms with van der Waals surface area (Å²) in [5.74, 6) is -1.88. The van der Waals surface area contributed by atoms with Crippen molar-refractivity contribution >= 4 is 44.8 Å². The Balaban J connectivity index is 1.90. The van der Waals surface area contributed by atoms with Crippen molar-refractivity contribution in [2.24, 2.45) is 0 Å². The number of Topliss-reactive ketones (excluding diaryl/α,β-unsaturated/α-hetero) is 1. The van der Waals surface area contributed by atoms with E-state index in [0.717, 1.165) is 20.6 Å². The minimum atomic E-state index is -0.797. The fourth-order valence-corrected chi connectivity index (χ4v) is 4.13. The molecule has 0 radical (unpaired) electrons. The van der Waals surface area contributed by atoms with E-state index < -0.39 is 23.5 Å². The molecule has 0 saturated carbocycles. The number of ketones is 1. The molecule has 0 aliphatic carbocycles. The smallest absolute Gasteiger partial charge is 0.299 e. The minimum Gasteiger partial charge on any atom is -0.872 e. The Morgan fingerprint density at radius 1 is 0.906 bits per heavy atom. The van der Waals surface area contributed by atoms with Gasteiger partial charge in [0.2, 0.25) is 5.78 Å². The highest BCUT2D eigenvalue weighted by molar-refractivity contribution is 9.10. The highest BCUT2D eigenvalue weighted by Gasteiger charge is 2.45. The van der Waals surface area contributed by atoms with E-state index in [2.05, 4.69) is 15.9 Å². The van der Waals surface area contributed by atoms with Gasteiger partial charge in [0, 0.05) is 27.9 Å². The predicted molar refractivity (Wildman–Crippen MR) is 126 cm³/mol. The molecule has 1 amide bonds. The number of anilines is 1. The summed E-state index contributed by atoms with van der Waals surface area (Å²) in [6.45, 7) is 1.93. The number of hydrogen-bond donors (Lipinski definition) is 1. The molecule has 32 heavy (non-hydrogen) atoms. The molecule has 1 unspecified atom stereocenters. The molecule has 3 aromatic carbocycles. The van der Waals surface area contributed by atoms with Crippen LogP contribution in [0.3, 0.4) is 0 Å². The molecule has 1 aliphatic heterocycles. The molecular formula is C26H23BrN2O3. The molecule has 1 N–H and O–H groups in total. The lowest BCUT2D eigenvalue weighted by atomic mass is 9.95. The van der Waals surface area contributed by atoms with E-state index in [1.807, 2.05) is 81.7 Å². The SMILES string of the molecule is Cc1ccc(C([O-])=C2C(=O)C(=O)N(c3ccc([NH+](C)C)cc3)C2c2ccc(Br)cc2)cc1. The second-order valence-electron chi connectivity index (χ2n) is 8.11. The van der Waals surface area contributed by atoms with Gasteiger partial charge in [0.05, 0.1) is 20.1 Å². The lowest BCUT2D eigenvalue weighted by molar-refractivity contribution is -0.786. The highest BCUT2D eigenvalue weighted by atomic mass is 79.9. The van der Waals surface area contributed by atoms with Crippen LogP contribution in [0.15, 0.2) is 82.8 Å². The highest BCUT2D eigenvalue weighted by Crippen LogP contribution is 2.41. The van der Waals surface area contributed by atoms with Crippen molar-refractivity contribution in [1.82, 2.24) is 0 Å². The Kier molecular flexibility index (Phi) is 6.00. The summed E-state index contributed by atoms with van der Waals surface area (Å²) >= 11 is 3.42. The number of hydrogen-bond acceptors (Lipinski definition) is 3. The van der Waals surface area contributed by atoms with E-state index in [-0.39, 0.29) is 5.57 Å². The number of amides is 1. The van der Waals surface area contributed by atoms with Gasteiger partial charge in [-0.25, -0.2) is 0 Å². The summed E-state index contributed by atoms with van der Waals surface area (Å²) in [7, 11) is 4.02. The molecule has 0 spiro atoms. The maximum atomic E-state index is 13.4. The Morgan fingerprint density at radius 2 is 1.50 bits per heavy atom. The second-order valence-corrected chi connectivity index (χ2v) is 9.03. The van der Waals surface area contributed by atoms with Gasteiger partial charge in [0.1, 0.15) is 5.69 Å². The molecule has 4 rings (SSSR count). The van der Waals surface area contributed by atoms with E-state index in [0.29, 0.717) is 16.8 Å². The molecule has 162 valence electrons. The Labute approximate surface area is 195 Å². The average molecular weight is 491 g/mol. The number of carbonyl (C=O) groups excluding carboxylic acids is 2. The molecule has 6 heteroatoms. The largest absolute Gasteiger partial charge is 0.872 e. The van der Waals surface area contributed by atoms with Crippen molar-refractivity contribution in [1.29, 1.82) is 0 Å². The Hall–Kier alpha value is -3.22. The first kappa shape index (κ1) is 22.0. The van der Waals surface area contributed by atoms with Crippen molar-refractivity contribution in [3.8, 4) is 0 Å². The number of benzene rings is 3. The Morgan fingerprint density at radius 3 is 2.06 bits per heavy atom. The van der Waals surface area contributed by atoms with Crippen LogP contribution in [0.4, 0.5) is 11.4 Å². The first-order chi connectivity index (χ1) is 15.3. The van der Waals surface area contributed by atoms with Crippen LogP contribution < -0.4 is 14.9 Å². The molecule has 1 heterocycles. The quantitative estimate of drug-likeness (QED) is 0.347. The number of nitrogens with zero attached hydrogens (tertiary/aromatic N) is 1. The monoisotopic (exact) mass is 490 g/mol. The van der Waals surface area contributed by atoms with Gasteiger partial charge in [-0.2, -0.15) is 0 Å². The normalized spacial score (nSPS) is 17.9. The first-order valence-electron chi connectivity index (χ1n) is 10.3. The van der Waals surface area contributed by atoms with Gasteiger partial charge in [0.25, 0.3) is 5.91 Å². The predicted octanol–water partition coefficient (Wildman–Crippen LogP) is 2.96. The lowest BCUT2D eigenvalue weighted by Crippen LogP contribution is -3.00. The third kappa shape index (κ3) is 3.99. The van der Waals surface area contributed by atoms with Gasteiger partial charge in [-0.1, -0.05) is 63.7 Å². The zero-order valence-corrected chi connectivity index (χ0v) is 19.6. The van der Waals surface area contributed by atoms with E-state index in [1.54, 1.807) is 12.1 Å². The molecule has 1 fully saturated rings. The number of aryl methyl sites for hydroxylation is 1. The average Bonchev–Trinajstić information content (AvgIpc) is 3.05. The van der Waals surface area contributed by atoms with E-state index in [9.17, 15) is 14.7 Å². The lowest BCUT2D eigenvalue weighted by Gasteiger charge is -2.28. The molecule has 1 saturated heterocycles. The van der Waals surface area contributed by atoms with Crippen LogP contribution in [0, 0.1) is 6.92 Å². The van der Waals surface area contributed by atoms with Gasteiger partial charge in [-0.05, 0) is 42.3 Å². The third-order valence-electron chi connectivity index (χ3n) is 5.66. The number of rotatable bonds is 4. The van der Waals surface area contributed by atoms with Gasteiger partial charge in [-0.15, -0.1) is 0 Å². The minimum absolute atomic E-state index is 0.0245. The standard InChI is InChI=1S/C26H23BrN2O3/c1-16-4-6-18(7-5-16)24(30)22-23(17-8-10-19(27)11-9-17)29(26(32)25(22)31)21-14-12-20(13-15-21)28(2)3/h4-15,23,30H,1-3H3. The van der Waals surface area contributed by atoms with Crippen molar-refractivity contribution in [2.45, 2.75) is 13.0 Å². The fourth-order valence-electron chi connectivity index (χ4n) is 3.87. The van der Waals surface area contributed by atoms with Crippen LogP contribution in [0.25, 0.3) is 5.76 Å². The van der Waals surface area contributed by atoms with Crippen molar-refractivity contribution < 1.29 is 19.6 Å². The van der Waals surface area contributed by atoms with Gasteiger partial charge in [0.15, 0.2) is 0 Å². The summed E-state index contributed by atoms with van der Waals surface area (Å²) in [5.41, 5.74) is 3.70. The zero-order valence-electron chi connectivity index (χ0n) is 18.1. The summed E-state index contributed by atoms with van der Waals surface area (Å²) in [6, 6.07) is 21.0. The zero-order chi connectivity index (χ0) is 23.0. The summed E-state index contributed by atoms with van der Waals surface area (Å²) in [6.07, 6.45) is 0. The van der Waals surface area contributed by atoms with Crippen LogP contribution in [-0.4, -0.2) is 25.8 Å². The molecular weight excluding hydrogens is 468 g/mol. The summed E-state index contributed by atoms with van der Waals surface area (Å²) < 4.78 is 0.869.